The number of nitrogens with one attached hydrogen (secondary N) is 1. The molecule has 1 N–H and O–H groups in total. The molecule has 0 saturated carbocycles. The number of piperidine rings is 1. The fourth-order valence-electron chi connectivity index (χ4n) is 3.00. The first-order chi connectivity index (χ1) is 11.7. The van der Waals surface area contributed by atoms with Gasteiger partial charge in [0.15, 0.2) is 11.5 Å². The third kappa shape index (κ3) is 6.60. The largest absolute Gasteiger partial charge is 0.493 e. The number of halogens is 1. The first kappa shape index (κ1) is 21.9. The van der Waals surface area contributed by atoms with E-state index in [0.29, 0.717) is 12.3 Å². The lowest BCUT2D eigenvalue weighted by Crippen LogP contribution is -2.40. The average Bonchev–Trinajstić information content (AvgIpc) is 2.62. The molecule has 2 rings (SSSR count). The van der Waals surface area contributed by atoms with Crippen LogP contribution >= 0.6 is 24.2 Å². The van der Waals surface area contributed by atoms with Crippen LogP contribution in [0.1, 0.15) is 19.3 Å². The first-order valence-corrected chi connectivity index (χ1v) is 9.43. The van der Waals surface area contributed by atoms with Crippen molar-refractivity contribution in [2.75, 3.05) is 46.7 Å². The highest BCUT2D eigenvalue weighted by Crippen LogP contribution is 2.32. The van der Waals surface area contributed by atoms with Crippen LogP contribution in [0, 0.1) is 5.92 Å². The van der Waals surface area contributed by atoms with Gasteiger partial charge >= 0.3 is 0 Å². The van der Waals surface area contributed by atoms with Crippen LogP contribution in [-0.2, 0) is 4.79 Å². The molecule has 0 atom stereocenters. The Hall–Kier alpha value is -1.11. The summed E-state index contributed by atoms with van der Waals surface area (Å²) in [6.07, 6.45) is 2.79. The molecule has 1 fully saturated rings. The second-order valence-electron chi connectivity index (χ2n) is 6.00. The van der Waals surface area contributed by atoms with Crippen molar-refractivity contribution in [3.63, 3.8) is 0 Å². The van der Waals surface area contributed by atoms with E-state index in [4.69, 9.17) is 9.47 Å². The number of carbonyl (C=O) groups excluding carboxylic acids is 1. The Morgan fingerprint density at radius 2 is 1.92 bits per heavy atom. The van der Waals surface area contributed by atoms with Gasteiger partial charge in [-0.2, -0.15) is 0 Å². The van der Waals surface area contributed by atoms with E-state index in [9.17, 15) is 4.79 Å². The standard InChI is InChI=1S/C18H28N2O3S.ClH/c1-19-13-14-6-9-20(10-7-14)18(21)8-11-24-15-4-5-16(22-2)17(12-15)23-3;/h4-5,12,14,19H,6-11,13H2,1-3H3;1H. The molecule has 1 aliphatic rings. The number of amides is 1. The Kier molecular flexibility index (Phi) is 10.1. The molecule has 0 aliphatic carbocycles. The van der Waals surface area contributed by atoms with Crippen LogP contribution in [0.15, 0.2) is 23.1 Å². The summed E-state index contributed by atoms with van der Waals surface area (Å²) >= 11 is 1.68. The molecule has 0 unspecified atom stereocenters. The molecule has 1 saturated heterocycles. The quantitative estimate of drug-likeness (QED) is 0.693. The highest BCUT2D eigenvalue weighted by Gasteiger charge is 2.21. The van der Waals surface area contributed by atoms with Crippen LogP contribution in [0.25, 0.3) is 0 Å². The lowest BCUT2D eigenvalue weighted by molar-refractivity contribution is -0.132. The first-order valence-electron chi connectivity index (χ1n) is 8.45. The van der Waals surface area contributed by atoms with Crippen molar-refractivity contribution in [2.24, 2.45) is 5.92 Å². The molecule has 0 aromatic heterocycles. The summed E-state index contributed by atoms with van der Waals surface area (Å²) in [7, 11) is 5.25. The number of hydrogen-bond acceptors (Lipinski definition) is 5. The predicted molar refractivity (Wildman–Crippen MR) is 105 cm³/mol. The van der Waals surface area contributed by atoms with E-state index in [-0.39, 0.29) is 18.3 Å². The van der Waals surface area contributed by atoms with E-state index < -0.39 is 0 Å². The number of rotatable bonds is 8. The summed E-state index contributed by atoms with van der Waals surface area (Å²) < 4.78 is 10.6. The van der Waals surface area contributed by atoms with E-state index in [0.717, 1.165) is 54.6 Å². The third-order valence-electron chi connectivity index (χ3n) is 4.40. The van der Waals surface area contributed by atoms with Crippen LogP contribution in [-0.4, -0.2) is 57.5 Å². The Morgan fingerprint density at radius 1 is 1.24 bits per heavy atom. The van der Waals surface area contributed by atoms with Crippen LogP contribution in [0.5, 0.6) is 11.5 Å². The second kappa shape index (κ2) is 11.5. The van der Waals surface area contributed by atoms with Crippen molar-refractivity contribution < 1.29 is 14.3 Å². The highest BCUT2D eigenvalue weighted by atomic mass is 35.5. The van der Waals surface area contributed by atoms with Crippen molar-refractivity contribution in [1.29, 1.82) is 0 Å². The molecule has 25 heavy (non-hydrogen) atoms. The Balaban J connectivity index is 0.00000312. The van der Waals surface area contributed by atoms with E-state index in [1.807, 2.05) is 30.1 Å². The van der Waals surface area contributed by atoms with E-state index in [2.05, 4.69) is 5.32 Å². The second-order valence-corrected chi connectivity index (χ2v) is 7.17. The van der Waals surface area contributed by atoms with Crippen LogP contribution in [0.4, 0.5) is 0 Å². The maximum atomic E-state index is 12.3. The van der Waals surface area contributed by atoms with Gasteiger partial charge in [-0.1, -0.05) is 0 Å². The fraction of sp³-hybridized carbons (Fsp3) is 0.611. The van der Waals surface area contributed by atoms with Crippen molar-refractivity contribution in [3.05, 3.63) is 18.2 Å². The van der Waals surface area contributed by atoms with Gasteiger partial charge in [-0.3, -0.25) is 4.79 Å². The lowest BCUT2D eigenvalue weighted by atomic mass is 9.97. The number of ether oxygens (including phenoxy) is 2. The molecule has 1 aliphatic heterocycles. The molecule has 1 aromatic rings. The SMILES string of the molecule is CNCC1CCN(C(=O)CCSc2ccc(OC)c(OC)c2)CC1.Cl. The average molecular weight is 389 g/mol. The predicted octanol–water partition coefficient (Wildman–Crippen LogP) is 3.07. The number of carbonyl (C=O) groups is 1. The number of benzene rings is 1. The molecule has 5 nitrogen and oxygen atoms in total. The van der Waals surface area contributed by atoms with Gasteiger partial charge in [0.05, 0.1) is 14.2 Å². The summed E-state index contributed by atoms with van der Waals surface area (Å²) in [5, 5.41) is 3.23. The molecular weight excluding hydrogens is 360 g/mol. The zero-order chi connectivity index (χ0) is 17.4. The minimum Gasteiger partial charge on any atom is -0.493 e. The van der Waals surface area contributed by atoms with Crippen LogP contribution in [0.3, 0.4) is 0 Å². The molecule has 0 radical (unpaired) electrons. The van der Waals surface area contributed by atoms with Crippen LogP contribution < -0.4 is 14.8 Å². The zero-order valence-electron chi connectivity index (χ0n) is 15.2. The highest BCUT2D eigenvalue weighted by molar-refractivity contribution is 7.99. The number of likely N-dealkylation sites (tertiary alicyclic amines) is 1. The Labute approximate surface area is 161 Å². The van der Waals surface area contributed by atoms with Gasteiger partial charge in [-0.05, 0) is 50.6 Å². The van der Waals surface area contributed by atoms with Gasteiger partial charge in [0.1, 0.15) is 0 Å². The Morgan fingerprint density at radius 3 is 2.52 bits per heavy atom. The van der Waals surface area contributed by atoms with Crippen molar-refractivity contribution in [1.82, 2.24) is 10.2 Å². The molecule has 1 amide bonds. The van der Waals surface area contributed by atoms with Gasteiger partial charge in [-0.15, -0.1) is 24.2 Å². The number of methoxy groups -OCH3 is 2. The summed E-state index contributed by atoms with van der Waals surface area (Å²) in [6.45, 7) is 2.84. The maximum absolute atomic E-state index is 12.3. The summed E-state index contributed by atoms with van der Waals surface area (Å²) in [4.78, 5) is 15.4. The molecule has 0 bridgehead atoms. The zero-order valence-corrected chi connectivity index (χ0v) is 16.9. The summed E-state index contributed by atoms with van der Waals surface area (Å²) in [5.74, 6) is 3.21. The van der Waals surface area contributed by atoms with Crippen LogP contribution in [0.2, 0.25) is 0 Å². The lowest BCUT2D eigenvalue weighted by Gasteiger charge is -2.32. The normalized spacial score (nSPS) is 14.8. The van der Waals surface area contributed by atoms with E-state index >= 15 is 0 Å². The maximum Gasteiger partial charge on any atom is 0.223 e. The molecule has 142 valence electrons. The Bertz CT molecular complexity index is 537. The minimum atomic E-state index is 0. The van der Waals surface area contributed by atoms with Gasteiger partial charge in [0, 0.05) is 30.2 Å². The summed E-state index contributed by atoms with van der Waals surface area (Å²) in [5.41, 5.74) is 0. The molecule has 1 heterocycles. The summed E-state index contributed by atoms with van der Waals surface area (Å²) in [6, 6.07) is 5.85. The van der Waals surface area contributed by atoms with Gasteiger partial charge in [-0.25, -0.2) is 0 Å². The minimum absolute atomic E-state index is 0. The molecule has 0 spiro atoms. The molecule has 1 aromatic carbocycles. The molecule has 7 heteroatoms. The van der Waals surface area contributed by atoms with E-state index in [1.165, 1.54) is 0 Å². The van der Waals surface area contributed by atoms with Crippen molar-refractivity contribution in [3.8, 4) is 11.5 Å². The molecular formula is C18H29ClN2O3S. The van der Waals surface area contributed by atoms with Gasteiger partial charge in [0.25, 0.3) is 0 Å². The number of hydrogen-bond donors (Lipinski definition) is 1. The van der Waals surface area contributed by atoms with Crippen molar-refractivity contribution >= 4 is 30.1 Å². The number of thioether (sulfide) groups is 1. The monoisotopic (exact) mass is 388 g/mol. The van der Waals surface area contributed by atoms with Gasteiger partial charge < -0.3 is 19.7 Å². The van der Waals surface area contributed by atoms with Gasteiger partial charge in [0.2, 0.25) is 5.91 Å². The smallest absolute Gasteiger partial charge is 0.223 e. The third-order valence-corrected chi connectivity index (χ3v) is 5.40. The van der Waals surface area contributed by atoms with Crippen molar-refractivity contribution in [2.45, 2.75) is 24.2 Å². The topological polar surface area (TPSA) is 50.8 Å². The fourth-order valence-corrected chi connectivity index (χ4v) is 3.86. The van der Waals surface area contributed by atoms with E-state index in [1.54, 1.807) is 26.0 Å². The number of nitrogens with zero attached hydrogens (tertiary/aromatic N) is 1.